The number of carbonyl (C=O) groups excluding carboxylic acids is 1. The summed E-state index contributed by atoms with van der Waals surface area (Å²) in [5.41, 5.74) is -1.58. The van der Waals surface area contributed by atoms with E-state index >= 15 is 0 Å². The highest BCUT2D eigenvalue weighted by Gasteiger charge is 2.31. The van der Waals surface area contributed by atoms with E-state index in [1.165, 1.54) is 0 Å². The molecule has 88 valence electrons. The van der Waals surface area contributed by atoms with E-state index in [2.05, 4.69) is 0 Å². The summed E-state index contributed by atoms with van der Waals surface area (Å²) in [6.45, 7) is 0. The summed E-state index contributed by atoms with van der Waals surface area (Å²) in [6.07, 6.45) is -4.59. The van der Waals surface area contributed by atoms with Crippen LogP contribution < -0.4 is 5.32 Å². The summed E-state index contributed by atoms with van der Waals surface area (Å²) >= 11 is 5.13. The van der Waals surface area contributed by atoms with E-state index in [1.54, 1.807) is 0 Å². The Bertz CT molecular complexity index is 405. The van der Waals surface area contributed by atoms with Crippen LogP contribution in [-0.4, -0.2) is 11.8 Å². The van der Waals surface area contributed by atoms with Gasteiger partial charge in [0.15, 0.2) is 0 Å². The molecule has 0 fully saturated rings. The molecule has 16 heavy (non-hydrogen) atoms. The second kappa shape index (κ2) is 4.69. The van der Waals surface area contributed by atoms with E-state index in [1.807, 2.05) is 5.32 Å². The highest BCUT2D eigenvalue weighted by molar-refractivity contribution is 6.29. The van der Waals surface area contributed by atoms with Crippen molar-refractivity contribution in [1.82, 2.24) is 0 Å². The summed E-state index contributed by atoms with van der Waals surface area (Å²) in [6, 6.07) is 1.73. The average molecular weight is 256 g/mol. The lowest BCUT2D eigenvalue weighted by Gasteiger charge is -2.10. The second-order valence-electron chi connectivity index (χ2n) is 2.87. The van der Waals surface area contributed by atoms with Gasteiger partial charge in [-0.05, 0) is 18.2 Å². The lowest BCUT2D eigenvalue weighted by Crippen LogP contribution is -2.15. The number of hydrogen-bond acceptors (Lipinski definition) is 1. The van der Waals surface area contributed by atoms with Crippen molar-refractivity contribution < 1.29 is 22.4 Å². The van der Waals surface area contributed by atoms with E-state index < -0.39 is 35.0 Å². The molecule has 1 amide bonds. The molecular formula is C9H6ClF4NO. The van der Waals surface area contributed by atoms with Crippen molar-refractivity contribution in [3.63, 3.8) is 0 Å². The molecule has 2 nitrogen and oxygen atoms in total. The Morgan fingerprint density at radius 2 is 2.00 bits per heavy atom. The van der Waals surface area contributed by atoms with Crippen LogP contribution in [0.1, 0.15) is 5.56 Å². The Labute approximate surface area is 93.2 Å². The van der Waals surface area contributed by atoms with E-state index in [9.17, 15) is 22.4 Å². The first-order valence-electron chi connectivity index (χ1n) is 4.07. The van der Waals surface area contributed by atoms with E-state index in [4.69, 9.17) is 11.6 Å². The second-order valence-corrected chi connectivity index (χ2v) is 3.14. The molecule has 0 spiro atoms. The SMILES string of the molecule is O=C(CCl)Nc1cc(C(F)(F)F)ccc1F. The molecule has 1 N–H and O–H groups in total. The van der Waals surface area contributed by atoms with Crippen LogP contribution in [0, 0.1) is 5.82 Å². The van der Waals surface area contributed by atoms with E-state index in [-0.39, 0.29) is 0 Å². The maximum absolute atomic E-state index is 13.0. The van der Waals surface area contributed by atoms with Crippen LogP contribution in [0.15, 0.2) is 18.2 Å². The summed E-state index contributed by atoms with van der Waals surface area (Å²) in [7, 11) is 0. The topological polar surface area (TPSA) is 29.1 Å². The molecule has 0 aliphatic rings. The van der Waals surface area contributed by atoms with Crippen molar-refractivity contribution in [3.05, 3.63) is 29.6 Å². The standard InChI is InChI=1S/C9H6ClF4NO/c10-4-8(16)15-7-3-5(9(12,13)14)1-2-6(7)11/h1-3H,4H2,(H,15,16). The van der Waals surface area contributed by atoms with Gasteiger partial charge in [-0.1, -0.05) is 0 Å². The molecule has 1 aromatic rings. The largest absolute Gasteiger partial charge is 0.416 e. The van der Waals surface area contributed by atoms with Gasteiger partial charge in [0, 0.05) is 0 Å². The van der Waals surface area contributed by atoms with Crippen LogP contribution in [-0.2, 0) is 11.0 Å². The third-order valence-corrected chi connectivity index (χ3v) is 1.93. The molecule has 0 aliphatic carbocycles. The van der Waals surface area contributed by atoms with Gasteiger partial charge in [-0.15, -0.1) is 11.6 Å². The van der Waals surface area contributed by atoms with Crippen molar-refractivity contribution in [2.75, 3.05) is 11.2 Å². The molecule has 0 heterocycles. The number of alkyl halides is 4. The van der Waals surface area contributed by atoms with Gasteiger partial charge in [0.1, 0.15) is 11.7 Å². The first-order valence-corrected chi connectivity index (χ1v) is 4.60. The fourth-order valence-corrected chi connectivity index (χ4v) is 1.05. The van der Waals surface area contributed by atoms with Gasteiger partial charge >= 0.3 is 6.18 Å². The van der Waals surface area contributed by atoms with Crippen molar-refractivity contribution in [2.45, 2.75) is 6.18 Å². The minimum Gasteiger partial charge on any atom is -0.323 e. The zero-order valence-electron chi connectivity index (χ0n) is 7.74. The maximum atomic E-state index is 13.0. The predicted octanol–water partition coefficient (Wildman–Crippen LogP) is 3.02. The molecule has 7 heteroatoms. The van der Waals surface area contributed by atoms with Crippen LogP contribution in [0.3, 0.4) is 0 Å². The lowest BCUT2D eigenvalue weighted by molar-refractivity contribution is -0.137. The Morgan fingerprint density at radius 1 is 1.38 bits per heavy atom. The van der Waals surface area contributed by atoms with E-state index in [0.29, 0.717) is 18.2 Å². The predicted molar refractivity (Wildman–Crippen MR) is 50.8 cm³/mol. The van der Waals surface area contributed by atoms with Crippen molar-refractivity contribution >= 4 is 23.2 Å². The monoisotopic (exact) mass is 255 g/mol. The van der Waals surface area contributed by atoms with Crippen LogP contribution in [0.25, 0.3) is 0 Å². The minimum atomic E-state index is -4.59. The first kappa shape index (κ1) is 12.8. The van der Waals surface area contributed by atoms with Crippen molar-refractivity contribution in [3.8, 4) is 0 Å². The normalized spacial score (nSPS) is 11.3. The smallest absolute Gasteiger partial charge is 0.323 e. The molecule has 0 unspecified atom stereocenters. The highest BCUT2D eigenvalue weighted by atomic mass is 35.5. The zero-order chi connectivity index (χ0) is 12.3. The molecule has 0 atom stereocenters. The summed E-state index contributed by atoms with van der Waals surface area (Å²) in [4.78, 5) is 10.8. The number of hydrogen-bond donors (Lipinski definition) is 1. The zero-order valence-corrected chi connectivity index (χ0v) is 8.49. The number of anilines is 1. The minimum absolute atomic E-state index is 0.463. The molecule has 0 saturated heterocycles. The quantitative estimate of drug-likeness (QED) is 0.639. The highest BCUT2D eigenvalue weighted by Crippen LogP contribution is 2.31. The Balaban J connectivity index is 3.04. The lowest BCUT2D eigenvalue weighted by atomic mass is 10.2. The Kier molecular flexibility index (Phi) is 3.74. The fraction of sp³-hybridized carbons (Fsp3) is 0.222. The number of carbonyl (C=O) groups is 1. The number of halogens is 5. The fourth-order valence-electron chi connectivity index (χ4n) is 0.981. The number of rotatable bonds is 2. The molecule has 0 bridgehead atoms. The van der Waals surface area contributed by atoms with Crippen LogP contribution in [0.4, 0.5) is 23.2 Å². The molecule has 0 aromatic heterocycles. The number of amides is 1. The van der Waals surface area contributed by atoms with Crippen LogP contribution in [0.5, 0.6) is 0 Å². The molecule has 0 saturated carbocycles. The number of nitrogens with one attached hydrogen (secondary N) is 1. The van der Waals surface area contributed by atoms with Gasteiger partial charge in [-0.3, -0.25) is 4.79 Å². The van der Waals surface area contributed by atoms with Crippen molar-refractivity contribution in [1.29, 1.82) is 0 Å². The Morgan fingerprint density at radius 3 is 2.50 bits per heavy atom. The molecule has 1 aromatic carbocycles. The van der Waals surface area contributed by atoms with E-state index in [0.717, 1.165) is 0 Å². The van der Waals surface area contributed by atoms with Gasteiger partial charge in [-0.2, -0.15) is 13.2 Å². The molecule has 1 rings (SSSR count). The average Bonchev–Trinajstić information content (AvgIpc) is 2.19. The van der Waals surface area contributed by atoms with Crippen molar-refractivity contribution in [2.24, 2.45) is 0 Å². The van der Waals surface area contributed by atoms with Gasteiger partial charge in [-0.25, -0.2) is 4.39 Å². The third-order valence-electron chi connectivity index (χ3n) is 1.69. The van der Waals surface area contributed by atoms with Gasteiger partial charge in [0.2, 0.25) is 5.91 Å². The summed E-state index contributed by atoms with van der Waals surface area (Å²) < 4.78 is 49.8. The van der Waals surface area contributed by atoms with Gasteiger partial charge < -0.3 is 5.32 Å². The molecule has 0 aliphatic heterocycles. The Hall–Kier alpha value is -1.30. The van der Waals surface area contributed by atoms with Crippen LogP contribution >= 0.6 is 11.6 Å². The molecular weight excluding hydrogens is 250 g/mol. The maximum Gasteiger partial charge on any atom is 0.416 e. The van der Waals surface area contributed by atoms with Gasteiger partial charge in [0.25, 0.3) is 0 Å². The summed E-state index contributed by atoms with van der Waals surface area (Å²) in [5.74, 6) is -2.19. The number of benzene rings is 1. The molecule has 0 radical (unpaired) electrons. The first-order chi connectivity index (χ1) is 7.34. The van der Waals surface area contributed by atoms with Crippen LogP contribution in [0.2, 0.25) is 0 Å². The third kappa shape index (κ3) is 3.10. The summed E-state index contributed by atoms with van der Waals surface area (Å²) in [5, 5.41) is 1.93. The van der Waals surface area contributed by atoms with Gasteiger partial charge in [0.05, 0.1) is 11.3 Å².